The van der Waals surface area contributed by atoms with Crippen LogP contribution in [0.25, 0.3) is 0 Å². The molecule has 9 aliphatic carbocycles. The summed E-state index contributed by atoms with van der Waals surface area (Å²) in [7, 11) is 0. The van der Waals surface area contributed by atoms with Crippen molar-refractivity contribution in [2.45, 2.75) is 343 Å². The lowest BCUT2D eigenvalue weighted by Crippen LogP contribution is -2.37. The first-order valence-corrected chi connectivity index (χ1v) is 34.5. The van der Waals surface area contributed by atoms with Crippen LogP contribution in [0.5, 0.6) is 0 Å². The lowest BCUT2D eigenvalue weighted by atomic mass is 9.84. The topological polar surface area (TPSA) is 331 Å². The van der Waals surface area contributed by atoms with Crippen LogP contribution in [0.15, 0.2) is 12.2 Å². The van der Waals surface area contributed by atoms with Gasteiger partial charge in [-0.05, 0) is 179 Å². The van der Waals surface area contributed by atoms with Gasteiger partial charge in [0.15, 0.2) is 0 Å². The van der Waals surface area contributed by atoms with Gasteiger partial charge in [0.25, 0.3) is 0 Å². The minimum Gasteiger partial charge on any atom is -0.380 e. The predicted molar refractivity (Wildman–Crippen MR) is 347 cm³/mol. The number of hydrogen-bond acceptors (Lipinski definition) is 15. The van der Waals surface area contributed by atoms with E-state index >= 15 is 0 Å². The van der Waals surface area contributed by atoms with Crippen LogP contribution in [-0.2, 0) is 9.47 Å². The molecule has 0 aromatic rings. The summed E-state index contributed by atoms with van der Waals surface area (Å²) in [4.78, 5) is 0. The van der Waals surface area contributed by atoms with Crippen LogP contribution in [0.1, 0.15) is 271 Å². The third kappa shape index (κ3) is 52.8. The molecule has 79 heavy (non-hydrogen) atoms. The van der Waals surface area contributed by atoms with Gasteiger partial charge in [-0.3, -0.25) is 0 Å². The van der Waals surface area contributed by atoms with Gasteiger partial charge >= 0.3 is 0 Å². The molecule has 6 atom stereocenters. The lowest BCUT2D eigenvalue weighted by Gasteiger charge is -2.28. The summed E-state index contributed by atoms with van der Waals surface area (Å²) in [5.41, 5.74) is 66.9. The van der Waals surface area contributed by atoms with E-state index in [1.807, 2.05) is 11.8 Å². The summed E-state index contributed by atoms with van der Waals surface area (Å²) >= 11 is 1.96. The Hall–Kier alpha value is -0.470. The molecule has 14 nitrogen and oxygen atoms in total. The number of nitrogens with two attached hydrogens (primary N) is 12. The molecule has 24 N–H and O–H groups in total. The molecule has 12 rings (SSSR count). The first-order valence-electron chi connectivity index (χ1n) is 33.3. The van der Waals surface area contributed by atoms with Gasteiger partial charge in [0.1, 0.15) is 0 Å². The van der Waals surface area contributed by atoms with Crippen molar-refractivity contribution < 1.29 is 9.47 Å². The Kier molecular flexibility index (Phi) is 49.2. The van der Waals surface area contributed by atoms with Crippen molar-refractivity contribution in [2.24, 2.45) is 80.6 Å². The average Bonchev–Trinajstić information content (AvgIpc) is 3.90. The molecule has 0 spiro atoms. The Labute approximate surface area is 492 Å². The third-order valence-electron chi connectivity index (χ3n) is 17.0. The molecule has 0 radical (unpaired) electrons. The Balaban J connectivity index is 0.000000432. The molecular weight excluding hydrogens is 1000 g/mol. The Morgan fingerprint density at radius 3 is 0.975 bits per heavy atom. The van der Waals surface area contributed by atoms with Crippen LogP contribution < -0.4 is 68.8 Å². The van der Waals surface area contributed by atoms with E-state index in [-0.39, 0.29) is 5.54 Å². The molecule has 12 aliphatic rings. The molecule has 8 saturated carbocycles. The standard InChI is InChI=1S/4C7H15N.C6H13N.C6H11N.C5H11N.2C4H9NO.C4H9NS.C4H9N.C3H7N/c1-6-2-4-7(8)5-3-6;1-6-3-2-4-7(8)5-6;1-7(8)5-3-2-4-6-7;8-7-5-3-1-2-4-6-7;2*7-6-4-2-1-3-5-6;6-5-3-1-2-4-5;3*5-4-1-2-6-3-4;5-4-2-1-3-4;4-3-1-2-3/h2*6-7H,2-5,8H2,1H3;2-6,8H2,1H3;7H,1-6,8H2;6H,1-5,7H2;1-2,6H,3-5,7H2;5H,1-4,6H2;3*4H,1-3,5H2;4H,1-3,5H2;3H,1-2,4H2/t;;;;;;;2*4-;;;/m.......10.../s1. The molecule has 4 unspecified atom stereocenters. The zero-order valence-corrected chi connectivity index (χ0v) is 52.9. The van der Waals surface area contributed by atoms with E-state index in [9.17, 15) is 0 Å². The van der Waals surface area contributed by atoms with Gasteiger partial charge in [-0.2, -0.15) is 11.8 Å². The van der Waals surface area contributed by atoms with Crippen LogP contribution in [0.3, 0.4) is 0 Å². The highest BCUT2D eigenvalue weighted by Gasteiger charge is 2.21. The summed E-state index contributed by atoms with van der Waals surface area (Å²) < 4.78 is 9.86. The average molecular weight is 1140 g/mol. The first kappa shape index (κ1) is 76.5. The van der Waals surface area contributed by atoms with E-state index in [0.29, 0.717) is 66.5 Å². The van der Waals surface area contributed by atoms with Gasteiger partial charge in [-0.25, -0.2) is 0 Å². The summed E-state index contributed by atoms with van der Waals surface area (Å²) in [6, 6.07) is 5.39. The van der Waals surface area contributed by atoms with Gasteiger partial charge in [0.2, 0.25) is 0 Å². The molecule has 0 amide bonds. The van der Waals surface area contributed by atoms with E-state index in [4.69, 9.17) is 78.3 Å². The van der Waals surface area contributed by atoms with Crippen molar-refractivity contribution in [1.82, 2.24) is 0 Å². The number of allylic oxidation sites excluding steroid dienone is 1. The van der Waals surface area contributed by atoms with Gasteiger partial charge in [0.05, 0.1) is 13.2 Å². The third-order valence-corrected chi connectivity index (χ3v) is 18.1. The zero-order valence-electron chi connectivity index (χ0n) is 52.1. The quantitative estimate of drug-likeness (QED) is 0.0793. The van der Waals surface area contributed by atoms with Crippen molar-refractivity contribution in [2.75, 3.05) is 37.9 Å². The van der Waals surface area contributed by atoms with Gasteiger partial charge in [-0.1, -0.05) is 122 Å². The molecule has 3 saturated heterocycles. The highest BCUT2D eigenvalue weighted by Crippen LogP contribution is 2.25. The van der Waals surface area contributed by atoms with Gasteiger partial charge in [-0.15, -0.1) is 0 Å². The second-order valence-corrected chi connectivity index (χ2v) is 27.6. The van der Waals surface area contributed by atoms with Crippen molar-refractivity contribution in [3.63, 3.8) is 0 Å². The predicted octanol–water partition coefficient (Wildman–Crippen LogP) is 10.1. The molecule has 0 aromatic carbocycles. The highest BCUT2D eigenvalue weighted by atomic mass is 32.2. The van der Waals surface area contributed by atoms with Crippen molar-refractivity contribution in [3.8, 4) is 0 Å². The largest absolute Gasteiger partial charge is 0.380 e. The van der Waals surface area contributed by atoms with Crippen LogP contribution in [-0.4, -0.2) is 110 Å². The SMILES string of the molecule is CC1(N)CCCCC1.CC1CCC(N)CC1.CC1CCCC(N)C1.NC1CC1.NC1CC=CCC1.NC1CCC1.NC1CCCC1.NC1CCCCC1.NC1CCCCCC1.NC1CCSC1.N[C@@H]1CCOC1.N[C@H]1CCOC1. The number of ether oxygens (including phenoxy) is 2. The Bertz CT molecular complexity index is 1220. The second-order valence-electron chi connectivity index (χ2n) is 26.4. The number of thioether (sulfide) groups is 1. The maximum absolute atomic E-state index is 5.88. The lowest BCUT2D eigenvalue weighted by molar-refractivity contribution is 0.194. The van der Waals surface area contributed by atoms with Crippen LogP contribution in [0.4, 0.5) is 0 Å². The van der Waals surface area contributed by atoms with E-state index in [0.717, 1.165) is 57.5 Å². The monoisotopic (exact) mass is 1140 g/mol. The van der Waals surface area contributed by atoms with Crippen LogP contribution in [0.2, 0.25) is 0 Å². The van der Waals surface area contributed by atoms with Gasteiger partial charge in [0, 0.05) is 91.0 Å². The Morgan fingerprint density at radius 1 is 0.354 bits per heavy atom. The normalized spacial score (nSPS) is 31.1. The fourth-order valence-electron chi connectivity index (χ4n) is 10.5. The maximum atomic E-state index is 5.88. The molecule has 11 fully saturated rings. The van der Waals surface area contributed by atoms with E-state index in [2.05, 4.69) is 32.9 Å². The molecule has 3 aliphatic heterocycles. The molecule has 0 aromatic heterocycles. The maximum Gasteiger partial charge on any atom is 0.0618 e. The molecule has 0 bridgehead atoms. The molecule has 472 valence electrons. The van der Waals surface area contributed by atoms with Crippen LogP contribution in [0, 0.1) is 11.8 Å². The molecule has 3 heterocycles. The van der Waals surface area contributed by atoms with Gasteiger partial charge < -0.3 is 78.3 Å². The summed E-state index contributed by atoms with van der Waals surface area (Å²) in [5, 5.41) is 0. The summed E-state index contributed by atoms with van der Waals surface area (Å²) in [5.74, 6) is 4.29. The highest BCUT2D eigenvalue weighted by molar-refractivity contribution is 7.99. The molecule has 15 heteroatoms. The fourth-order valence-corrected chi connectivity index (χ4v) is 11.6. The Morgan fingerprint density at radius 2 is 0.747 bits per heavy atom. The molecular formula is C64H138N12O2S. The van der Waals surface area contributed by atoms with Crippen LogP contribution >= 0.6 is 11.8 Å². The summed E-state index contributed by atoms with van der Waals surface area (Å²) in [6.07, 6.45) is 54.5. The number of rotatable bonds is 0. The second kappa shape index (κ2) is 50.8. The zero-order chi connectivity index (χ0) is 58.4. The van der Waals surface area contributed by atoms with E-state index in [1.54, 1.807) is 0 Å². The fraction of sp³-hybridized carbons (Fsp3) is 0.969. The minimum absolute atomic E-state index is 0.179. The number of hydrogen-bond donors (Lipinski definition) is 12. The first-order chi connectivity index (χ1) is 37.8. The van der Waals surface area contributed by atoms with Crippen molar-refractivity contribution in [1.29, 1.82) is 0 Å². The minimum atomic E-state index is 0.179. The smallest absolute Gasteiger partial charge is 0.0618 e. The van der Waals surface area contributed by atoms with Crippen molar-refractivity contribution in [3.05, 3.63) is 12.2 Å². The summed E-state index contributed by atoms with van der Waals surface area (Å²) in [6.45, 7) is 10.0. The van der Waals surface area contributed by atoms with E-state index in [1.165, 1.54) is 243 Å². The van der Waals surface area contributed by atoms with Crippen molar-refractivity contribution >= 4 is 11.8 Å². The van der Waals surface area contributed by atoms with E-state index < -0.39 is 0 Å².